The largest absolute Gasteiger partial charge is 0.339 e. The zero-order chi connectivity index (χ0) is 18.3. The van der Waals surface area contributed by atoms with Crippen LogP contribution in [0, 0.1) is 5.92 Å². The molecule has 132 valence electrons. The summed E-state index contributed by atoms with van der Waals surface area (Å²) in [4.78, 5) is 41.6. The predicted octanol–water partition coefficient (Wildman–Crippen LogP) is 3.36. The highest BCUT2D eigenvalue weighted by molar-refractivity contribution is 6.35. The van der Waals surface area contributed by atoms with E-state index in [1.165, 1.54) is 0 Å². The van der Waals surface area contributed by atoms with Crippen molar-refractivity contribution >= 4 is 23.4 Å². The van der Waals surface area contributed by atoms with Gasteiger partial charge in [-0.3, -0.25) is 14.4 Å². The Morgan fingerprint density at radius 3 is 2.04 bits per heavy atom. The average molecular weight is 348 g/mol. The number of piperidine rings is 1. The Balaban J connectivity index is 1.70. The first kappa shape index (κ1) is 16.5. The fourth-order valence-corrected chi connectivity index (χ4v) is 3.64. The van der Waals surface area contributed by atoms with Crippen LogP contribution in [0.4, 0.5) is 5.69 Å². The molecule has 26 heavy (non-hydrogen) atoms. The molecule has 0 N–H and O–H groups in total. The fraction of sp³-hybridized carbons (Fsp3) is 0.286. The van der Waals surface area contributed by atoms with Crippen molar-refractivity contribution in [1.82, 2.24) is 4.90 Å². The van der Waals surface area contributed by atoms with Crippen LogP contribution in [0.5, 0.6) is 0 Å². The number of hydrogen-bond donors (Lipinski definition) is 0. The molecular formula is C21H20N2O3. The maximum absolute atomic E-state index is 13.0. The molecule has 1 saturated heterocycles. The third-order valence-electron chi connectivity index (χ3n) is 5.24. The second kappa shape index (κ2) is 6.41. The van der Waals surface area contributed by atoms with Crippen LogP contribution in [-0.4, -0.2) is 35.7 Å². The zero-order valence-electron chi connectivity index (χ0n) is 14.6. The first-order valence-corrected chi connectivity index (χ1v) is 8.94. The van der Waals surface area contributed by atoms with Crippen LogP contribution in [0.15, 0.2) is 48.5 Å². The molecule has 0 aliphatic carbocycles. The summed E-state index contributed by atoms with van der Waals surface area (Å²) >= 11 is 0. The number of imide groups is 1. The lowest BCUT2D eigenvalue weighted by Crippen LogP contribution is -2.39. The van der Waals surface area contributed by atoms with Crippen molar-refractivity contribution in [3.63, 3.8) is 0 Å². The molecule has 2 aromatic carbocycles. The summed E-state index contributed by atoms with van der Waals surface area (Å²) in [6, 6.07) is 13.6. The minimum atomic E-state index is -0.377. The van der Waals surface area contributed by atoms with Crippen LogP contribution in [0.25, 0.3) is 0 Å². The Labute approximate surface area is 152 Å². The van der Waals surface area contributed by atoms with E-state index in [-0.39, 0.29) is 17.7 Å². The van der Waals surface area contributed by atoms with Crippen molar-refractivity contribution < 1.29 is 14.4 Å². The molecular weight excluding hydrogens is 328 g/mol. The van der Waals surface area contributed by atoms with Gasteiger partial charge in [0.1, 0.15) is 0 Å². The second-order valence-corrected chi connectivity index (χ2v) is 6.98. The number of rotatable bonds is 2. The van der Waals surface area contributed by atoms with Gasteiger partial charge in [0.2, 0.25) is 0 Å². The molecule has 0 aromatic heterocycles. The highest BCUT2D eigenvalue weighted by atomic mass is 16.2. The smallest absolute Gasteiger partial charge is 0.266 e. The molecule has 3 amide bonds. The van der Waals surface area contributed by atoms with Gasteiger partial charge in [-0.15, -0.1) is 0 Å². The van der Waals surface area contributed by atoms with E-state index < -0.39 is 0 Å². The number of hydrogen-bond acceptors (Lipinski definition) is 3. The number of benzene rings is 2. The summed E-state index contributed by atoms with van der Waals surface area (Å²) in [6.07, 6.45) is 1.95. The Kier molecular flexibility index (Phi) is 4.07. The Morgan fingerprint density at radius 2 is 1.42 bits per heavy atom. The molecule has 0 radical (unpaired) electrons. The van der Waals surface area contributed by atoms with Crippen LogP contribution in [0.1, 0.15) is 50.8 Å². The first-order valence-electron chi connectivity index (χ1n) is 8.94. The number of carbonyl (C=O) groups excluding carboxylic acids is 3. The molecule has 5 nitrogen and oxygen atoms in total. The summed E-state index contributed by atoms with van der Waals surface area (Å²) in [5.41, 5.74) is 1.52. The van der Waals surface area contributed by atoms with E-state index in [9.17, 15) is 14.4 Å². The van der Waals surface area contributed by atoms with Crippen molar-refractivity contribution in [3.8, 4) is 0 Å². The average Bonchev–Trinajstić information content (AvgIpc) is 2.93. The van der Waals surface area contributed by atoms with Crippen LogP contribution >= 0.6 is 0 Å². The van der Waals surface area contributed by atoms with Crippen LogP contribution in [0.3, 0.4) is 0 Å². The summed E-state index contributed by atoms with van der Waals surface area (Å²) in [6.45, 7) is 3.60. The zero-order valence-corrected chi connectivity index (χ0v) is 14.6. The lowest BCUT2D eigenvalue weighted by molar-refractivity contribution is 0.0698. The van der Waals surface area contributed by atoms with E-state index >= 15 is 0 Å². The molecule has 4 rings (SSSR count). The molecule has 1 fully saturated rings. The van der Waals surface area contributed by atoms with Gasteiger partial charge in [0, 0.05) is 13.1 Å². The first-order chi connectivity index (χ1) is 12.6. The van der Waals surface area contributed by atoms with Gasteiger partial charge in [-0.25, -0.2) is 4.90 Å². The third kappa shape index (κ3) is 2.60. The molecule has 0 atom stereocenters. The van der Waals surface area contributed by atoms with Crippen LogP contribution in [0.2, 0.25) is 0 Å². The van der Waals surface area contributed by atoms with Crippen molar-refractivity contribution in [2.75, 3.05) is 18.0 Å². The normalized spacial score (nSPS) is 17.6. The van der Waals surface area contributed by atoms with E-state index in [2.05, 4.69) is 6.92 Å². The fourth-order valence-electron chi connectivity index (χ4n) is 3.64. The van der Waals surface area contributed by atoms with Gasteiger partial charge in [-0.1, -0.05) is 31.2 Å². The molecule has 0 unspecified atom stereocenters. The maximum atomic E-state index is 13.0. The number of para-hydroxylation sites is 1. The molecule has 0 spiro atoms. The Morgan fingerprint density at radius 1 is 0.885 bits per heavy atom. The van der Waals surface area contributed by atoms with Gasteiger partial charge in [-0.05, 0) is 43.0 Å². The number of nitrogens with zero attached hydrogens (tertiary/aromatic N) is 2. The van der Waals surface area contributed by atoms with Crippen molar-refractivity contribution in [1.29, 1.82) is 0 Å². The number of carbonyl (C=O) groups is 3. The Hall–Kier alpha value is -2.95. The minimum absolute atomic E-state index is 0.121. The van der Waals surface area contributed by atoms with Crippen molar-refractivity contribution in [2.45, 2.75) is 19.8 Å². The molecule has 2 aliphatic rings. The highest BCUT2D eigenvalue weighted by Crippen LogP contribution is 2.31. The SMILES string of the molecule is CC1CCN(C(=O)c2ccccc2N2C(=O)c3ccccc3C2=O)CC1. The van der Waals surface area contributed by atoms with E-state index in [4.69, 9.17) is 0 Å². The maximum Gasteiger partial charge on any atom is 0.266 e. The van der Waals surface area contributed by atoms with Gasteiger partial charge in [0.25, 0.3) is 17.7 Å². The van der Waals surface area contributed by atoms with Gasteiger partial charge < -0.3 is 4.90 Å². The van der Waals surface area contributed by atoms with Crippen molar-refractivity contribution in [2.24, 2.45) is 5.92 Å². The number of fused-ring (bicyclic) bond motifs is 1. The summed E-state index contributed by atoms with van der Waals surface area (Å²) < 4.78 is 0. The van der Waals surface area contributed by atoms with Gasteiger partial charge in [0.15, 0.2) is 0 Å². The van der Waals surface area contributed by atoms with Crippen LogP contribution < -0.4 is 4.90 Å². The van der Waals surface area contributed by atoms with E-state index in [1.807, 2.05) is 4.90 Å². The second-order valence-electron chi connectivity index (χ2n) is 6.98. The van der Waals surface area contributed by atoms with Gasteiger partial charge >= 0.3 is 0 Å². The molecule has 0 bridgehead atoms. The molecule has 2 aromatic rings. The van der Waals surface area contributed by atoms with E-state index in [1.54, 1.807) is 48.5 Å². The van der Waals surface area contributed by atoms with Crippen LogP contribution in [-0.2, 0) is 0 Å². The number of amides is 3. The predicted molar refractivity (Wildman–Crippen MR) is 98.3 cm³/mol. The lowest BCUT2D eigenvalue weighted by Gasteiger charge is -2.31. The van der Waals surface area contributed by atoms with E-state index in [0.29, 0.717) is 41.4 Å². The molecule has 2 aliphatic heterocycles. The van der Waals surface area contributed by atoms with Gasteiger partial charge in [0.05, 0.1) is 22.4 Å². The molecule has 0 saturated carbocycles. The molecule has 5 heteroatoms. The summed E-state index contributed by atoms with van der Waals surface area (Å²) in [5.74, 6) is -0.259. The van der Waals surface area contributed by atoms with E-state index in [0.717, 1.165) is 17.7 Å². The quantitative estimate of drug-likeness (QED) is 0.782. The highest BCUT2D eigenvalue weighted by Gasteiger charge is 2.38. The number of likely N-dealkylation sites (tertiary alicyclic amines) is 1. The summed E-state index contributed by atoms with van der Waals surface area (Å²) in [7, 11) is 0. The minimum Gasteiger partial charge on any atom is -0.339 e. The summed E-state index contributed by atoms with van der Waals surface area (Å²) in [5, 5.41) is 0. The third-order valence-corrected chi connectivity index (χ3v) is 5.24. The molecule has 2 heterocycles. The lowest BCUT2D eigenvalue weighted by atomic mass is 9.98. The monoisotopic (exact) mass is 348 g/mol. The number of anilines is 1. The Bertz CT molecular complexity index is 863. The topological polar surface area (TPSA) is 57.7 Å². The van der Waals surface area contributed by atoms with Gasteiger partial charge in [-0.2, -0.15) is 0 Å². The standard InChI is InChI=1S/C21H20N2O3/c1-14-10-12-22(13-11-14)19(24)17-8-4-5-9-18(17)23-20(25)15-6-2-3-7-16(15)21(23)26/h2-9,14H,10-13H2,1H3. The van der Waals surface area contributed by atoms with Crippen molar-refractivity contribution in [3.05, 3.63) is 65.2 Å².